The first-order chi connectivity index (χ1) is 4.77. The van der Waals surface area contributed by atoms with Crippen LogP contribution in [0.1, 0.15) is 20.3 Å². The van der Waals surface area contributed by atoms with Gasteiger partial charge in [0.05, 0.1) is 0 Å². The lowest BCUT2D eigenvalue weighted by molar-refractivity contribution is 0.111. The van der Waals surface area contributed by atoms with Crippen molar-refractivity contribution < 1.29 is 4.74 Å². The average molecular weight is 162 g/mol. The van der Waals surface area contributed by atoms with Gasteiger partial charge in [-0.1, -0.05) is 13.8 Å². The van der Waals surface area contributed by atoms with Crippen LogP contribution < -0.4 is 0 Å². The highest BCUT2D eigenvalue weighted by molar-refractivity contribution is 7.98. The molecule has 0 rings (SSSR count). The van der Waals surface area contributed by atoms with Gasteiger partial charge in [-0.3, -0.25) is 0 Å². The van der Waals surface area contributed by atoms with Crippen molar-refractivity contribution in [3.05, 3.63) is 0 Å². The summed E-state index contributed by atoms with van der Waals surface area (Å²) in [6.45, 7) is 6.19. The highest BCUT2D eigenvalue weighted by atomic mass is 32.2. The van der Waals surface area contributed by atoms with E-state index in [4.69, 9.17) is 4.74 Å². The first kappa shape index (κ1) is 10.3. The summed E-state index contributed by atoms with van der Waals surface area (Å²) in [7, 11) is 0. The molecule has 10 heavy (non-hydrogen) atoms. The first-order valence-corrected chi connectivity index (χ1v) is 5.23. The molecule has 1 nitrogen and oxygen atoms in total. The first-order valence-electron chi connectivity index (χ1n) is 3.84. The maximum Gasteiger partial charge on any atom is 0.0488 e. The summed E-state index contributed by atoms with van der Waals surface area (Å²) in [5.41, 5.74) is 0. The van der Waals surface area contributed by atoms with E-state index in [1.165, 1.54) is 12.2 Å². The van der Waals surface area contributed by atoms with Crippen LogP contribution >= 0.6 is 11.8 Å². The topological polar surface area (TPSA) is 9.23 Å². The fourth-order valence-electron chi connectivity index (χ4n) is 0.624. The van der Waals surface area contributed by atoms with Gasteiger partial charge in [-0.2, -0.15) is 11.8 Å². The Morgan fingerprint density at radius 1 is 1.40 bits per heavy atom. The van der Waals surface area contributed by atoms with Crippen LogP contribution in [0.4, 0.5) is 0 Å². The van der Waals surface area contributed by atoms with Gasteiger partial charge in [0.25, 0.3) is 0 Å². The van der Waals surface area contributed by atoms with Crippen LogP contribution in [0.25, 0.3) is 0 Å². The Bertz CT molecular complexity index is 64.3. The fourth-order valence-corrected chi connectivity index (χ4v) is 1.03. The molecule has 0 aromatic carbocycles. The van der Waals surface area contributed by atoms with Crippen molar-refractivity contribution in [2.24, 2.45) is 5.92 Å². The maximum atomic E-state index is 5.38. The average Bonchev–Trinajstić information content (AvgIpc) is 1.87. The second-order valence-electron chi connectivity index (χ2n) is 2.82. The maximum absolute atomic E-state index is 5.38. The van der Waals surface area contributed by atoms with Gasteiger partial charge in [0.2, 0.25) is 0 Å². The zero-order valence-corrected chi connectivity index (χ0v) is 8.04. The molecule has 0 N–H and O–H groups in total. The molecule has 0 aliphatic heterocycles. The van der Waals surface area contributed by atoms with Crippen molar-refractivity contribution in [1.82, 2.24) is 0 Å². The summed E-state index contributed by atoms with van der Waals surface area (Å²) in [6.07, 6.45) is 3.32. The van der Waals surface area contributed by atoms with Crippen molar-refractivity contribution in [3.8, 4) is 0 Å². The number of rotatable bonds is 6. The minimum Gasteiger partial charge on any atom is -0.381 e. The van der Waals surface area contributed by atoms with Crippen molar-refractivity contribution in [3.63, 3.8) is 0 Å². The van der Waals surface area contributed by atoms with Gasteiger partial charge in [-0.05, 0) is 24.3 Å². The van der Waals surface area contributed by atoms with E-state index in [0.717, 1.165) is 13.2 Å². The molecule has 0 spiro atoms. The summed E-state index contributed by atoms with van der Waals surface area (Å²) < 4.78 is 5.38. The molecule has 2 heteroatoms. The molecule has 62 valence electrons. The molecule has 0 heterocycles. The van der Waals surface area contributed by atoms with Crippen molar-refractivity contribution in [2.45, 2.75) is 20.3 Å². The highest BCUT2D eigenvalue weighted by Gasteiger charge is 1.92. The van der Waals surface area contributed by atoms with Crippen LogP contribution in [-0.2, 0) is 4.74 Å². The van der Waals surface area contributed by atoms with Gasteiger partial charge in [0.15, 0.2) is 0 Å². The van der Waals surface area contributed by atoms with Crippen LogP contribution in [0.5, 0.6) is 0 Å². The van der Waals surface area contributed by atoms with E-state index in [9.17, 15) is 0 Å². The van der Waals surface area contributed by atoms with Crippen LogP contribution in [0.3, 0.4) is 0 Å². The standard InChI is InChI=1S/C8H18OS/c1-8(2)7-9-5-4-6-10-3/h8H,4-7H2,1-3H3. The molecule has 0 aliphatic carbocycles. The zero-order chi connectivity index (χ0) is 7.82. The molecule has 0 fully saturated rings. The molecule has 0 unspecified atom stereocenters. The number of thioether (sulfide) groups is 1. The Morgan fingerprint density at radius 2 is 2.10 bits per heavy atom. The monoisotopic (exact) mass is 162 g/mol. The SMILES string of the molecule is CSCCCOCC(C)C. The third kappa shape index (κ3) is 8.31. The van der Waals surface area contributed by atoms with Crippen molar-refractivity contribution in [2.75, 3.05) is 25.2 Å². The Morgan fingerprint density at radius 3 is 2.60 bits per heavy atom. The van der Waals surface area contributed by atoms with E-state index < -0.39 is 0 Å². The predicted molar refractivity (Wildman–Crippen MR) is 48.7 cm³/mol. The number of ether oxygens (including phenoxy) is 1. The largest absolute Gasteiger partial charge is 0.381 e. The molecule has 0 atom stereocenters. The molecule has 0 aliphatic rings. The van der Waals surface area contributed by atoms with Gasteiger partial charge in [0.1, 0.15) is 0 Å². The quantitative estimate of drug-likeness (QED) is 0.555. The lowest BCUT2D eigenvalue weighted by Gasteiger charge is -2.05. The molecule has 0 amide bonds. The highest BCUT2D eigenvalue weighted by Crippen LogP contribution is 1.97. The molecular formula is C8H18OS. The molecule has 0 aromatic rings. The van der Waals surface area contributed by atoms with Crippen LogP contribution in [0, 0.1) is 5.92 Å². The van der Waals surface area contributed by atoms with E-state index in [-0.39, 0.29) is 0 Å². The third-order valence-electron chi connectivity index (χ3n) is 1.09. The summed E-state index contributed by atoms with van der Waals surface area (Å²) in [6, 6.07) is 0. The smallest absolute Gasteiger partial charge is 0.0488 e. The van der Waals surface area contributed by atoms with Crippen molar-refractivity contribution >= 4 is 11.8 Å². The zero-order valence-electron chi connectivity index (χ0n) is 7.22. The van der Waals surface area contributed by atoms with Gasteiger partial charge < -0.3 is 4.74 Å². The molecular weight excluding hydrogens is 144 g/mol. The lowest BCUT2D eigenvalue weighted by Crippen LogP contribution is -2.03. The van der Waals surface area contributed by atoms with Crippen molar-refractivity contribution in [1.29, 1.82) is 0 Å². The van der Waals surface area contributed by atoms with E-state index in [2.05, 4.69) is 20.1 Å². The minimum atomic E-state index is 0.675. The van der Waals surface area contributed by atoms with Gasteiger partial charge >= 0.3 is 0 Å². The van der Waals surface area contributed by atoms with Gasteiger partial charge in [-0.25, -0.2) is 0 Å². The van der Waals surface area contributed by atoms with E-state index in [1.54, 1.807) is 0 Å². The minimum absolute atomic E-state index is 0.675. The molecule has 0 saturated carbocycles. The normalized spacial score (nSPS) is 10.8. The third-order valence-corrected chi connectivity index (χ3v) is 1.79. The number of hydrogen-bond acceptors (Lipinski definition) is 2. The summed E-state index contributed by atoms with van der Waals surface area (Å²) >= 11 is 1.88. The van der Waals surface area contributed by atoms with E-state index >= 15 is 0 Å². The summed E-state index contributed by atoms with van der Waals surface area (Å²) in [4.78, 5) is 0. The fraction of sp³-hybridized carbons (Fsp3) is 1.00. The molecule has 0 radical (unpaired) electrons. The summed E-state index contributed by atoms with van der Waals surface area (Å²) in [5.74, 6) is 1.90. The molecule has 0 saturated heterocycles. The van der Waals surface area contributed by atoms with E-state index in [1.807, 2.05) is 11.8 Å². The molecule has 0 aromatic heterocycles. The second kappa shape index (κ2) is 7.42. The van der Waals surface area contributed by atoms with E-state index in [0.29, 0.717) is 5.92 Å². The Hall–Kier alpha value is 0.310. The van der Waals surface area contributed by atoms with Crippen LogP contribution in [0.2, 0.25) is 0 Å². The summed E-state index contributed by atoms with van der Waals surface area (Å²) in [5, 5.41) is 0. The lowest BCUT2D eigenvalue weighted by atomic mass is 10.2. The Labute approximate surface area is 68.5 Å². The van der Waals surface area contributed by atoms with Gasteiger partial charge in [0, 0.05) is 13.2 Å². The Kier molecular flexibility index (Phi) is 7.65. The number of hydrogen-bond donors (Lipinski definition) is 0. The van der Waals surface area contributed by atoms with Crippen LogP contribution in [-0.4, -0.2) is 25.2 Å². The van der Waals surface area contributed by atoms with Gasteiger partial charge in [-0.15, -0.1) is 0 Å². The second-order valence-corrected chi connectivity index (χ2v) is 3.80. The predicted octanol–water partition coefficient (Wildman–Crippen LogP) is 2.41. The van der Waals surface area contributed by atoms with Crippen LogP contribution in [0.15, 0.2) is 0 Å². The Balaban J connectivity index is 2.77. The molecule has 0 bridgehead atoms.